The molecule has 4 aromatic rings. The lowest BCUT2D eigenvalue weighted by Crippen LogP contribution is -2.05. The summed E-state index contributed by atoms with van der Waals surface area (Å²) in [4.78, 5) is 15.9. The summed E-state index contributed by atoms with van der Waals surface area (Å²) in [6.45, 7) is 3.61. The van der Waals surface area contributed by atoms with Gasteiger partial charge in [0.15, 0.2) is 11.5 Å². The van der Waals surface area contributed by atoms with Gasteiger partial charge in [0, 0.05) is 29.4 Å². The summed E-state index contributed by atoms with van der Waals surface area (Å²) in [5, 5.41) is 10.9. The summed E-state index contributed by atoms with van der Waals surface area (Å²) in [5.41, 5.74) is 1.66. The minimum Gasteiger partial charge on any atom is -0.507 e. The molecule has 136 valence electrons. The normalized spacial score (nSPS) is 11.0. The smallest absolute Gasteiger partial charge is 0.343 e. The van der Waals surface area contributed by atoms with Crippen LogP contribution in [0.5, 0.6) is 11.5 Å². The van der Waals surface area contributed by atoms with Crippen molar-refractivity contribution in [3.63, 3.8) is 0 Å². The fourth-order valence-electron chi connectivity index (χ4n) is 2.83. The van der Waals surface area contributed by atoms with Gasteiger partial charge in [-0.15, -0.1) is 0 Å². The predicted molar refractivity (Wildman–Crippen MR) is 99.9 cm³/mol. The van der Waals surface area contributed by atoms with Crippen LogP contribution in [0.15, 0.2) is 62.4 Å². The van der Waals surface area contributed by atoms with Gasteiger partial charge in [0.05, 0.1) is 5.56 Å². The summed E-state index contributed by atoms with van der Waals surface area (Å²) >= 11 is 0. The summed E-state index contributed by atoms with van der Waals surface area (Å²) in [6, 6.07) is 11.0. The second-order valence-electron chi connectivity index (χ2n) is 6.27. The van der Waals surface area contributed by atoms with Gasteiger partial charge in [0.1, 0.15) is 23.7 Å². The van der Waals surface area contributed by atoms with Crippen LogP contribution in [0.25, 0.3) is 22.5 Å². The summed E-state index contributed by atoms with van der Waals surface area (Å²) in [6.07, 6.45) is 3.43. The number of nitrogens with zero attached hydrogens (tertiary/aromatic N) is 1. The van der Waals surface area contributed by atoms with Crippen molar-refractivity contribution in [2.24, 2.45) is 0 Å². The maximum Gasteiger partial charge on any atom is 0.343 e. The molecule has 0 aliphatic rings. The first kappa shape index (κ1) is 16.9. The van der Waals surface area contributed by atoms with E-state index in [2.05, 4.69) is 4.98 Å². The van der Waals surface area contributed by atoms with Crippen molar-refractivity contribution >= 4 is 11.0 Å². The average molecular weight is 363 g/mol. The molecule has 6 heteroatoms. The van der Waals surface area contributed by atoms with E-state index in [0.717, 1.165) is 10.9 Å². The quantitative estimate of drug-likeness (QED) is 0.580. The minimum atomic E-state index is -0.588. The molecule has 0 spiro atoms. The van der Waals surface area contributed by atoms with Crippen molar-refractivity contribution in [2.75, 3.05) is 0 Å². The van der Waals surface area contributed by atoms with Crippen molar-refractivity contribution < 1.29 is 18.7 Å². The predicted octanol–water partition coefficient (Wildman–Crippen LogP) is 4.35. The highest BCUT2D eigenvalue weighted by Crippen LogP contribution is 2.34. The SMILES string of the molecule is Cc1c(-c2cc3ccc(OCc4ccncc4)cc3o2)oc(=O)c(C)c1O. The van der Waals surface area contributed by atoms with Gasteiger partial charge in [-0.05, 0) is 49.7 Å². The molecule has 0 atom stereocenters. The number of benzene rings is 1. The van der Waals surface area contributed by atoms with E-state index in [-0.39, 0.29) is 17.1 Å². The van der Waals surface area contributed by atoms with E-state index in [1.165, 1.54) is 6.92 Å². The number of hydrogen-bond donors (Lipinski definition) is 1. The number of ether oxygens (including phenoxy) is 1. The molecule has 0 bridgehead atoms. The largest absolute Gasteiger partial charge is 0.507 e. The minimum absolute atomic E-state index is 0.0805. The number of hydrogen-bond acceptors (Lipinski definition) is 6. The van der Waals surface area contributed by atoms with Gasteiger partial charge >= 0.3 is 5.63 Å². The number of furan rings is 1. The molecule has 0 saturated heterocycles. The summed E-state index contributed by atoms with van der Waals surface area (Å²) in [7, 11) is 0. The zero-order chi connectivity index (χ0) is 19.0. The molecular formula is C21H17NO5. The average Bonchev–Trinajstić information content (AvgIpc) is 3.11. The van der Waals surface area contributed by atoms with Crippen LogP contribution in [0.1, 0.15) is 16.7 Å². The van der Waals surface area contributed by atoms with Gasteiger partial charge in [-0.2, -0.15) is 0 Å². The zero-order valence-electron chi connectivity index (χ0n) is 14.9. The Morgan fingerprint density at radius 1 is 1.04 bits per heavy atom. The third-order valence-corrected chi connectivity index (χ3v) is 4.42. The van der Waals surface area contributed by atoms with E-state index < -0.39 is 5.63 Å². The van der Waals surface area contributed by atoms with Gasteiger partial charge in [-0.25, -0.2) is 4.79 Å². The first-order valence-corrected chi connectivity index (χ1v) is 8.42. The van der Waals surface area contributed by atoms with Crippen molar-refractivity contribution in [2.45, 2.75) is 20.5 Å². The Hall–Kier alpha value is -3.54. The summed E-state index contributed by atoms with van der Waals surface area (Å²) < 4.78 is 17.0. The van der Waals surface area contributed by atoms with Crippen molar-refractivity contribution in [1.82, 2.24) is 4.98 Å². The van der Waals surface area contributed by atoms with Gasteiger partial charge in [0.2, 0.25) is 0 Å². The van der Waals surface area contributed by atoms with Crippen LogP contribution in [-0.2, 0) is 6.61 Å². The number of aromatic nitrogens is 1. The second kappa shape index (κ2) is 6.64. The van der Waals surface area contributed by atoms with Gasteiger partial charge in [-0.1, -0.05) is 0 Å². The topological polar surface area (TPSA) is 85.7 Å². The number of pyridine rings is 1. The third-order valence-electron chi connectivity index (χ3n) is 4.42. The zero-order valence-corrected chi connectivity index (χ0v) is 14.9. The fourth-order valence-corrected chi connectivity index (χ4v) is 2.83. The van der Waals surface area contributed by atoms with Crippen LogP contribution in [0.3, 0.4) is 0 Å². The van der Waals surface area contributed by atoms with Crippen LogP contribution in [0.2, 0.25) is 0 Å². The highest BCUT2D eigenvalue weighted by molar-refractivity contribution is 5.83. The maximum absolute atomic E-state index is 11.9. The molecule has 1 aromatic carbocycles. The van der Waals surface area contributed by atoms with E-state index in [0.29, 0.717) is 29.3 Å². The molecule has 0 aliphatic heterocycles. The van der Waals surface area contributed by atoms with E-state index in [9.17, 15) is 9.90 Å². The Morgan fingerprint density at radius 3 is 2.59 bits per heavy atom. The number of aromatic hydroxyl groups is 1. The van der Waals surface area contributed by atoms with Crippen LogP contribution in [0, 0.1) is 13.8 Å². The van der Waals surface area contributed by atoms with Crippen molar-refractivity contribution in [3.05, 3.63) is 75.9 Å². The molecule has 27 heavy (non-hydrogen) atoms. The van der Waals surface area contributed by atoms with Crippen LogP contribution in [-0.4, -0.2) is 10.1 Å². The first-order chi connectivity index (χ1) is 13.0. The molecule has 3 aromatic heterocycles. The molecule has 0 aliphatic carbocycles. The van der Waals surface area contributed by atoms with Gasteiger partial charge < -0.3 is 18.7 Å². The first-order valence-electron chi connectivity index (χ1n) is 8.42. The number of rotatable bonds is 4. The lowest BCUT2D eigenvalue weighted by atomic mass is 10.1. The van der Waals surface area contributed by atoms with Crippen LogP contribution in [0.4, 0.5) is 0 Å². The van der Waals surface area contributed by atoms with Crippen LogP contribution < -0.4 is 10.4 Å². The van der Waals surface area contributed by atoms with Crippen molar-refractivity contribution in [3.8, 4) is 23.0 Å². The molecule has 0 radical (unpaired) electrons. The van der Waals surface area contributed by atoms with Crippen molar-refractivity contribution in [1.29, 1.82) is 0 Å². The van der Waals surface area contributed by atoms with E-state index in [4.69, 9.17) is 13.6 Å². The third kappa shape index (κ3) is 3.17. The molecule has 0 saturated carbocycles. The van der Waals surface area contributed by atoms with Gasteiger partial charge in [0.25, 0.3) is 0 Å². The standard InChI is InChI=1S/C21H17NO5/c1-12-19(23)13(2)21(24)27-20(12)18-9-15-3-4-16(10-17(15)26-18)25-11-14-5-7-22-8-6-14/h3-10,23H,11H2,1-2H3. The molecule has 0 amide bonds. The molecule has 6 nitrogen and oxygen atoms in total. The second-order valence-corrected chi connectivity index (χ2v) is 6.27. The van der Waals surface area contributed by atoms with E-state index >= 15 is 0 Å². The van der Waals surface area contributed by atoms with E-state index in [1.54, 1.807) is 31.5 Å². The Balaban J connectivity index is 1.66. The Kier molecular flexibility index (Phi) is 4.16. The molecule has 0 fully saturated rings. The van der Waals surface area contributed by atoms with Crippen LogP contribution >= 0.6 is 0 Å². The maximum atomic E-state index is 11.9. The van der Waals surface area contributed by atoms with Gasteiger partial charge in [-0.3, -0.25) is 4.98 Å². The molecular weight excluding hydrogens is 346 g/mol. The molecule has 4 rings (SSSR count). The molecule has 0 unspecified atom stereocenters. The Labute approximate surface area is 154 Å². The monoisotopic (exact) mass is 363 g/mol. The lowest BCUT2D eigenvalue weighted by Gasteiger charge is -2.06. The molecule has 3 heterocycles. The Bertz CT molecular complexity index is 1170. The lowest BCUT2D eigenvalue weighted by molar-refractivity contribution is 0.306. The van der Waals surface area contributed by atoms with E-state index in [1.807, 2.05) is 24.3 Å². The fraction of sp³-hybridized carbons (Fsp3) is 0.143. The molecule has 1 N–H and O–H groups in total. The highest BCUT2D eigenvalue weighted by Gasteiger charge is 2.18. The Morgan fingerprint density at radius 2 is 1.81 bits per heavy atom. The summed E-state index contributed by atoms with van der Waals surface area (Å²) in [5.74, 6) is 1.17. The number of fused-ring (bicyclic) bond motifs is 1. The highest BCUT2D eigenvalue weighted by atomic mass is 16.5.